The standard InChI is InChI=1S/C10H13BrN2O4/c1-2-13-4-6(11)3-8(13)9(15)12-7(5-14)10(16)17/h3-4,7,14H,2,5H2,1H3,(H,12,15)(H,16,17)/t7-/m0/s1. The summed E-state index contributed by atoms with van der Waals surface area (Å²) >= 11 is 3.24. The van der Waals surface area contributed by atoms with Gasteiger partial charge in [-0.3, -0.25) is 4.79 Å². The van der Waals surface area contributed by atoms with E-state index in [9.17, 15) is 9.59 Å². The third-order valence-electron chi connectivity index (χ3n) is 2.22. The largest absolute Gasteiger partial charge is 0.480 e. The minimum atomic E-state index is -1.29. The Bertz CT molecular complexity index is 430. The summed E-state index contributed by atoms with van der Waals surface area (Å²) in [6.45, 7) is 1.81. The van der Waals surface area contributed by atoms with Crippen LogP contribution < -0.4 is 5.32 Å². The number of rotatable bonds is 5. The van der Waals surface area contributed by atoms with Crippen molar-refractivity contribution in [1.29, 1.82) is 0 Å². The van der Waals surface area contributed by atoms with Crippen LogP contribution in [0.4, 0.5) is 0 Å². The second kappa shape index (κ2) is 5.83. The molecule has 0 bridgehead atoms. The Hall–Kier alpha value is -1.34. The lowest BCUT2D eigenvalue weighted by molar-refractivity contribution is -0.140. The lowest BCUT2D eigenvalue weighted by Gasteiger charge is -2.12. The number of aromatic nitrogens is 1. The van der Waals surface area contributed by atoms with Gasteiger partial charge in [0, 0.05) is 17.2 Å². The van der Waals surface area contributed by atoms with Gasteiger partial charge >= 0.3 is 5.97 Å². The molecule has 1 aromatic heterocycles. The van der Waals surface area contributed by atoms with Crippen LogP contribution in [0, 0.1) is 0 Å². The molecule has 0 aliphatic carbocycles. The van der Waals surface area contributed by atoms with Gasteiger partial charge in [0.1, 0.15) is 5.69 Å². The van der Waals surface area contributed by atoms with Crippen LogP contribution in [0.2, 0.25) is 0 Å². The fraction of sp³-hybridized carbons (Fsp3) is 0.400. The number of carbonyl (C=O) groups excluding carboxylic acids is 1. The fourth-order valence-corrected chi connectivity index (χ4v) is 1.81. The molecule has 0 unspecified atom stereocenters. The van der Waals surface area contributed by atoms with Crippen LogP contribution >= 0.6 is 15.9 Å². The summed E-state index contributed by atoms with van der Waals surface area (Å²) in [5.74, 6) is -1.80. The number of carboxylic acid groups (broad SMARTS) is 1. The van der Waals surface area contributed by atoms with Gasteiger partial charge in [-0.1, -0.05) is 0 Å². The van der Waals surface area contributed by atoms with E-state index in [1.54, 1.807) is 16.8 Å². The van der Waals surface area contributed by atoms with Crippen molar-refractivity contribution in [3.8, 4) is 0 Å². The molecule has 1 atom stereocenters. The minimum Gasteiger partial charge on any atom is -0.480 e. The first kappa shape index (κ1) is 13.7. The smallest absolute Gasteiger partial charge is 0.328 e. The number of aliphatic hydroxyl groups excluding tert-OH is 1. The number of hydrogen-bond donors (Lipinski definition) is 3. The van der Waals surface area contributed by atoms with E-state index in [0.717, 1.165) is 4.47 Å². The topological polar surface area (TPSA) is 91.6 Å². The van der Waals surface area contributed by atoms with Gasteiger partial charge in [0.15, 0.2) is 6.04 Å². The molecule has 1 aromatic rings. The number of carboxylic acids is 1. The van der Waals surface area contributed by atoms with Crippen LogP contribution in [0.25, 0.3) is 0 Å². The summed E-state index contributed by atoms with van der Waals surface area (Å²) in [5, 5.41) is 19.8. The second-order valence-corrected chi connectivity index (χ2v) is 4.29. The first-order chi connectivity index (χ1) is 7.99. The van der Waals surface area contributed by atoms with E-state index in [2.05, 4.69) is 21.2 Å². The van der Waals surface area contributed by atoms with Crippen molar-refractivity contribution >= 4 is 27.8 Å². The van der Waals surface area contributed by atoms with Gasteiger partial charge in [0.2, 0.25) is 0 Å². The van der Waals surface area contributed by atoms with E-state index < -0.39 is 24.5 Å². The number of nitrogens with one attached hydrogen (secondary N) is 1. The molecule has 1 rings (SSSR count). The maximum atomic E-state index is 11.8. The predicted octanol–water partition coefficient (Wildman–Crippen LogP) is 0.446. The predicted molar refractivity (Wildman–Crippen MR) is 63.8 cm³/mol. The van der Waals surface area contributed by atoms with Crippen molar-refractivity contribution in [3.05, 3.63) is 22.4 Å². The Kier molecular flexibility index (Phi) is 4.71. The van der Waals surface area contributed by atoms with Crippen LogP contribution in [-0.4, -0.2) is 39.3 Å². The van der Waals surface area contributed by atoms with E-state index in [1.807, 2.05) is 6.92 Å². The Balaban J connectivity index is 2.85. The SMILES string of the molecule is CCn1cc(Br)cc1C(=O)N[C@@H](CO)C(=O)O. The molecule has 3 N–H and O–H groups in total. The highest BCUT2D eigenvalue weighted by Crippen LogP contribution is 2.15. The monoisotopic (exact) mass is 304 g/mol. The van der Waals surface area contributed by atoms with Crippen molar-refractivity contribution in [2.45, 2.75) is 19.5 Å². The Labute approximate surface area is 106 Å². The summed E-state index contributed by atoms with van der Waals surface area (Å²) < 4.78 is 2.41. The molecule has 0 saturated carbocycles. The van der Waals surface area contributed by atoms with Crippen molar-refractivity contribution in [1.82, 2.24) is 9.88 Å². The molecular formula is C10H13BrN2O4. The zero-order chi connectivity index (χ0) is 13.0. The van der Waals surface area contributed by atoms with Crippen LogP contribution in [-0.2, 0) is 11.3 Å². The quantitative estimate of drug-likeness (QED) is 0.736. The van der Waals surface area contributed by atoms with Gasteiger partial charge in [-0.15, -0.1) is 0 Å². The molecule has 0 aromatic carbocycles. The van der Waals surface area contributed by atoms with Crippen LogP contribution in [0.5, 0.6) is 0 Å². The minimum absolute atomic E-state index is 0.346. The van der Waals surface area contributed by atoms with Crippen molar-refractivity contribution in [2.24, 2.45) is 0 Å². The molecule has 0 saturated heterocycles. The lowest BCUT2D eigenvalue weighted by Crippen LogP contribution is -2.43. The Morgan fingerprint density at radius 3 is 2.71 bits per heavy atom. The van der Waals surface area contributed by atoms with Crippen LogP contribution in [0.15, 0.2) is 16.7 Å². The molecule has 1 amide bonds. The second-order valence-electron chi connectivity index (χ2n) is 3.38. The van der Waals surface area contributed by atoms with E-state index in [0.29, 0.717) is 12.2 Å². The number of halogens is 1. The molecule has 6 nitrogen and oxygen atoms in total. The zero-order valence-electron chi connectivity index (χ0n) is 9.18. The maximum Gasteiger partial charge on any atom is 0.328 e. The van der Waals surface area contributed by atoms with E-state index in [-0.39, 0.29) is 0 Å². The highest BCUT2D eigenvalue weighted by Gasteiger charge is 2.21. The van der Waals surface area contributed by atoms with Crippen LogP contribution in [0.3, 0.4) is 0 Å². The van der Waals surface area contributed by atoms with E-state index >= 15 is 0 Å². The number of aliphatic hydroxyl groups is 1. The molecule has 0 spiro atoms. The summed E-state index contributed by atoms with van der Waals surface area (Å²) in [6.07, 6.45) is 1.73. The highest BCUT2D eigenvalue weighted by atomic mass is 79.9. The molecule has 0 fully saturated rings. The summed E-state index contributed by atoms with van der Waals surface area (Å²) in [5.41, 5.74) is 0.346. The average molecular weight is 305 g/mol. The third-order valence-corrected chi connectivity index (χ3v) is 2.66. The summed E-state index contributed by atoms with van der Waals surface area (Å²) in [6, 6.07) is 0.302. The van der Waals surface area contributed by atoms with Gasteiger partial charge in [-0.2, -0.15) is 0 Å². The molecule has 1 heterocycles. The average Bonchev–Trinajstić information content (AvgIpc) is 2.66. The number of carbonyl (C=O) groups is 2. The van der Waals surface area contributed by atoms with E-state index in [1.165, 1.54) is 0 Å². The number of amides is 1. The van der Waals surface area contributed by atoms with Crippen LogP contribution in [0.1, 0.15) is 17.4 Å². The molecule has 7 heteroatoms. The number of aryl methyl sites for hydroxylation is 1. The van der Waals surface area contributed by atoms with Gasteiger partial charge in [-0.25, -0.2) is 4.79 Å². The van der Waals surface area contributed by atoms with Crippen molar-refractivity contribution in [3.63, 3.8) is 0 Å². The summed E-state index contributed by atoms with van der Waals surface area (Å²) in [4.78, 5) is 22.5. The lowest BCUT2D eigenvalue weighted by atomic mass is 10.3. The molecule has 0 radical (unpaired) electrons. The van der Waals surface area contributed by atoms with Gasteiger partial charge in [0.05, 0.1) is 6.61 Å². The number of nitrogens with zero attached hydrogens (tertiary/aromatic N) is 1. The highest BCUT2D eigenvalue weighted by molar-refractivity contribution is 9.10. The van der Waals surface area contributed by atoms with Gasteiger partial charge in [0.25, 0.3) is 5.91 Å². The first-order valence-electron chi connectivity index (χ1n) is 4.99. The van der Waals surface area contributed by atoms with Gasteiger partial charge in [-0.05, 0) is 28.9 Å². The molecule has 17 heavy (non-hydrogen) atoms. The fourth-order valence-electron chi connectivity index (χ4n) is 1.34. The first-order valence-corrected chi connectivity index (χ1v) is 5.79. The van der Waals surface area contributed by atoms with E-state index in [4.69, 9.17) is 10.2 Å². The normalized spacial score (nSPS) is 12.2. The molecular weight excluding hydrogens is 292 g/mol. The number of hydrogen-bond acceptors (Lipinski definition) is 3. The maximum absolute atomic E-state index is 11.8. The zero-order valence-corrected chi connectivity index (χ0v) is 10.8. The summed E-state index contributed by atoms with van der Waals surface area (Å²) in [7, 11) is 0. The van der Waals surface area contributed by atoms with Gasteiger partial charge < -0.3 is 20.1 Å². The molecule has 94 valence electrons. The van der Waals surface area contributed by atoms with Crippen molar-refractivity contribution in [2.75, 3.05) is 6.61 Å². The Morgan fingerprint density at radius 1 is 1.59 bits per heavy atom. The third kappa shape index (κ3) is 3.31. The molecule has 0 aliphatic rings. The number of aliphatic carboxylic acids is 1. The van der Waals surface area contributed by atoms with Crippen molar-refractivity contribution < 1.29 is 19.8 Å². The Morgan fingerprint density at radius 2 is 2.24 bits per heavy atom. The molecule has 0 aliphatic heterocycles.